The van der Waals surface area contributed by atoms with Crippen molar-refractivity contribution in [1.29, 1.82) is 0 Å². The van der Waals surface area contributed by atoms with Crippen molar-refractivity contribution < 1.29 is 9.53 Å². The molecular weight excluding hydrogens is 332 g/mol. The first-order valence-corrected chi connectivity index (χ1v) is 8.05. The number of nitrogens with one attached hydrogen (secondary N) is 2. The Morgan fingerprint density at radius 1 is 1.29 bits per heavy atom. The molecule has 0 aromatic heterocycles. The summed E-state index contributed by atoms with van der Waals surface area (Å²) in [5.74, 6) is 0. The quantitative estimate of drug-likeness (QED) is 0.853. The lowest BCUT2D eigenvalue weighted by molar-refractivity contribution is 0.0475. The van der Waals surface area contributed by atoms with E-state index in [0.717, 1.165) is 23.0 Å². The highest BCUT2D eigenvalue weighted by Crippen LogP contribution is 2.29. The normalized spacial score (nSPS) is 21.4. The molecule has 1 fully saturated rings. The largest absolute Gasteiger partial charge is 0.444 e. The summed E-state index contributed by atoms with van der Waals surface area (Å²) in [4.78, 5) is 11.7. The van der Waals surface area contributed by atoms with Gasteiger partial charge in [0.05, 0.1) is 0 Å². The van der Waals surface area contributed by atoms with Gasteiger partial charge in [0.25, 0.3) is 0 Å². The van der Waals surface area contributed by atoms with E-state index in [1.165, 1.54) is 5.56 Å². The van der Waals surface area contributed by atoms with E-state index in [9.17, 15) is 4.79 Å². The van der Waals surface area contributed by atoms with Crippen LogP contribution in [0.3, 0.4) is 0 Å². The third-order valence-electron chi connectivity index (χ3n) is 3.49. The molecule has 1 aliphatic carbocycles. The van der Waals surface area contributed by atoms with Gasteiger partial charge in [-0.25, -0.2) is 4.79 Å². The average Bonchev–Trinajstić information content (AvgIpc) is 2.29. The van der Waals surface area contributed by atoms with Crippen LogP contribution in [0.1, 0.15) is 39.2 Å². The third-order valence-corrected chi connectivity index (χ3v) is 4.35. The third kappa shape index (κ3) is 4.63. The molecule has 0 unspecified atom stereocenters. The molecule has 0 spiro atoms. The van der Waals surface area contributed by atoms with Gasteiger partial charge in [-0.3, -0.25) is 0 Å². The van der Waals surface area contributed by atoms with E-state index < -0.39 is 5.60 Å². The molecule has 2 rings (SSSR count). The maximum Gasteiger partial charge on any atom is 0.407 e. The number of amides is 1. The van der Waals surface area contributed by atoms with Gasteiger partial charge >= 0.3 is 6.09 Å². The fourth-order valence-corrected chi connectivity index (χ4v) is 2.68. The van der Waals surface area contributed by atoms with Crippen molar-refractivity contribution >= 4 is 27.7 Å². The lowest BCUT2D eigenvalue weighted by Gasteiger charge is -2.37. The maximum atomic E-state index is 11.7. The molecule has 1 saturated carbocycles. The van der Waals surface area contributed by atoms with Crippen molar-refractivity contribution in [3.05, 3.63) is 28.2 Å². The lowest BCUT2D eigenvalue weighted by atomic mass is 9.86. The van der Waals surface area contributed by atoms with Crippen molar-refractivity contribution in [2.24, 2.45) is 0 Å². The molecule has 2 N–H and O–H groups in total. The number of alkyl carbamates (subject to hydrolysis) is 1. The van der Waals surface area contributed by atoms with Gasteiger partial charge in [-0.1, -0.05) is 22.0 Å². The van der Waals surface area contributed by atoms with Crippen molar-refractivity contribution in [3.63, 3.8) is 0 Å². The number of carbonyl (C=O) groups excluding carboxylic acids is 1. The zero-order chi connectivity index (χ0) is 15.6. The van der Waals surface area contributed by atoms with E-state index in [0.29, 0.717) is 6.04 Å². The molecular formula is C16H23BrN2O2. The van der Waals surface area contributed by atoms with Crippen LogP contribution in [0.4, 0.5) is 10.5 Å². The zero-order valence-electron chi connectivity index (χ0n) is 13.0. The Hall–Kier alpha value is -1.23. The van der Waals surface area contributed by atoms with Crippen LogP contribution in [-0.4, -0.2) is 23.8 Å². The van der Waals surface area contributed by atoms with E-state index in [1.807, 2.05) is 32.9 Å². The Morgan fingerprint density at radius 2 is 1.95 bits per heavy atom. The lowest BCUT2D eigenvalue weighted by Crippen LogP contribution is -2.50. The first kappa shape index (κ1) is 16.1. The summed E-state index contributed by atoms with van der Waals surface area (Å²) in [7, 11) is 0. The van der Waals surface area contributed by atoms with Crippen LogP contribution in [0.5, 0.6) is 0 Å². The van der Waals surface area contributed by atoms with Gasteiger partial charge in [-0.2, -0.15) is 0 Å². The van der Waals surface area contributed by atoms with E-state index in [-0.39, 0.29) is 12.1 Å². The molecule has 21 heavy (non-hydrogen) atoms. The number of hydrogen-bond acceptors (Lipinski definition) is 3. The van der Waals surface area contributed by atoms with Crippen molar-refractivity contribution in [2.75, 3.05) is 5.32 Å². The summed E-state index contributed by atoms with van der Waals surface area (Å²) in [5.41, 5.74) is 1.91. The number of halogens is 1. The topological polar surface area (TPSA) is 50.4 Å². The van der Waals surface area contributed by atoms with Crippen LogP contribution in [-0.2, 0) is 4.74 Å². The fourth-order valence-electron chi connectivity index (χ4n) is 2.31. The number of benzene rings is 1. The fraction of sp³-hybridized carbons (Fsp3) is 0.562. The van der Waals surface area contributed by atoms with Gasteiger partial charge in [0, 0.05) is 22.2 Å². The SMILES string of the molecule is Cc1c(Br)cccc1NC1CC(NC(=O)OC(C)(C)C)C1. The van der Waals surface area contributed by atoms with E-state index >= 15 is 0 Å². The minimum Gasteiger partial charge on any atom is -0.444 e. The Kier molecular flexibility index (Phi) is 4.81. The summed E-state index contributed by atoms with van der Waals surface area (Å²) in [6.07, 6.45) is 1.51. The van der Waals surface area contributed by atoms with Crippen LogP contribution in [0.2, 0.25) is 0 Å². The molecule has 0 heterocycles. The Bertz CT molecular complexity index is 519. The summed E-state index contributed by atoms with van der Waals surface area (Å²) in [6, 6.07) is 6.74. The van der Waals surface area contributed by atoms with Crippen LogP contribution in [0.15, 0.2) is 22.7 Å². The number of carbonyl (C=O) groups is 1. The predicted octanol–water partition coefficient (Wildman–Crippen LogP) is 4.23. The van der Waals surface area contributed by atoms with Gasteiger partial charge < -0.3 is 15.4 Å². The Labute approximate surface area is 134 Å². The van der Waals surface area contributed by atoms with Gasteiger partial charge in [0.15, 0.2) is 0 Å². The highest BCUT2D eigenvalue weighted by molar-refractivity contribution is 9.10. The van der Waals surface area contributed by atoms with E-state index in [2.05, 4.69) is 39.6 Å². The number of rotatable bonds is 3. The van der Waals surface area contributed by atoms with E-state index in [4.69, 9.17) is 4.74 Å². The second-order valence-electron chi connectivity index (χ2n) is 6.57. The van der Waals surface area contributed by atoms with Gasteiger partial charge in [0.2, 0.25) is 0 Å². The monoisotopic (exact) mass is 354 g/mol. The highest BCUT2D eigenvalue weighted by atomic mass is 79.9. The average molecular weight is 355 g/mol. The standard InChI is InChI=1S/C16H23BrN2O2/c1-10-13(17)6-5-7-14(10)18-11-8-12(9-11)19-15(20)21-16(2,3)4/h5-7,11-12,18H,8-9H2,1-4H3,(H,19,20). The molecule has 1 aromatic rings. The van der Waals surface area contributed by atoms with Gasteiger partial charge in [-0.15, -0.1) is 0 Å². The summed E-state index contributed by atoms with van der Waals surface area (Å²) in [5, 5.41) is 6.42. The molecule has 0 radical (unpaired) electrons. The highest BCUT2D eigenvalue weighted by Gasteiger charge is 2.31. The summed E-state index contributed by atoms with van der Waals surface area (Å²) < 4.78 is 6.36. The number of hydrogen-bond donors (Lipinski definition) is 2. The number of ether oxygens (including phenoxy) is 1. The molecule has 116 valence electrons. The van der Waals surface area contributed by atoms with Gasteiger partial charge in [0.1, 0.15) is 5.60 Å². The predicted molar refractivity (Wildman–Crippen MR) is 88.7 cm³/mol. The molecule has 1 amide bonds. The summed E-state index contributed by atoms with van der Waals surface area (Å²) >= 11 is 3.53. The van der Waals surface area contributed by atoms with E-state index in [1.54, 1.807) is 0 Å². The minimum absolute atomic E-state index is 0.199. The molecule has 0 aliphatic heterocycles. The van der Waals surface area contributed by atoms with Crippen molar-refractivity contribution in [2.45, 2.75) is 58.2 Å². The molecule has 5 heteroatoms. The molecule has 0 atom stereocenters. The van der Waals surface area contributed by atoms with Gasteiger partial charge in [-0.05, 0) is 58.2 Å². The summed E-state index contributed by atoms with van der Waals surface area (Å²) in [6.45, 7) is 7.69. The Morgan fingerprint density at radius 3 is 2.57 bits per heavy atom. The van der Waals surface area contributed by atoms with Crippen LogP contribution >= 0.6 is 15.9 Å². The van der Waals surface area contributed by atoms with Crippen LogP contribution in [0.25, 0.3) is 0 Å². The minimum atomic E-state index is -0.446. The maximum absolute atomic E-state index is 11.7. The van der Waals surface area contributed by atoms with Crippen molar-refractivity contribution in [1.82, 2.24) is 5.32 Å². The zero-order valence-corrected chi connectivity index (χ0v) is 14.6. The first-order chi connectivity index (χ1) is 9.74. The first-order valence-electron chi connectivity index (χ1n) is 7.26. The van der Waals surface area contributed by atoms with Crippen molar-refractivity contribution in [3.8, 4) is 0 Å². The molecule has 1 aliphatic rings. The second-order valence-corrected chi connectivity index (χ2v) is 7.42. The smallest absolute Gasteiger partial charge is 0.407 e. The Balaban J connectivity index is 1.77. The number of anilines is 1. The molecule has 4 nitrogen and oxygen atoms in total. The molecule has 1 aromatic carbocycles. The molecule has 0 bridgehead atoms. The molecule has 0 saturated heterocycles. The van der Waals surface area contributed by atoms with Crippen LogP contribution in [0, 0.1) is 6.92 Å². The van der Waals surface area contributed by atoms with Crippen LogP contribution < -0.4 is 10.6 Å². The second kappa shape index (κ2) is 6.26.